The predicted molar refractivity (Wildman–Crippen MR) is 126 cm³/mol. The summed E-state index contributed by atoms with van der Waals surface area (Å²) in [4.78, 5) is 29.8. The number of carbonyl (C=O) groups is 2. The van der Waals surface area contributed by atoms with Crippen LogP contribution in [0.4, 0.5) is 0 Å². The van der Waals surface area contributed by atoms with E-state index in [-0.39, 0.29) is 18.0 Å². The van der Waals surface area contributed by atoms with Crippen molar-refractivity contribution in [3.8, 4) is 0 Å². The van der Waals surface area contributed by atoms with Crippen molar-refractivity contribution in [1.29, 1.82) is 0 Å². The number of amides is 1. The SMILES string of the molecule is COC(=O)Cn1c(=NC(=O)C2CCCN2S(=O)(=O)c2ccc(Cl)cc2)sc2cc(C)ccc21. The second kappa shape index (κ2) is 9.38. The molecule has 0 bridgehead atoms. The van der Waals surface area contributed by atoms with Crippen LogP contribution >= 0.6 is 22.9 Å². The van der Waals surface area contributed by atoms with E-state index in [1.54, 1.807) is 4.57 Å². The van der Waals surface area contributed by atoms with E-state index in [0.717, 1.165) is 15.8 Å². The van der Waals surface area contributed by atoms with Crippen LogP contribution in [0.3, 0.4) is 0 Å². The maximum atomic E-state index is 13.2. The van der Waals surface area contributed by atoms with Gasteiger partial charge in [0.05, 0.1) is 22.2 Å². The summed E-state index contributed by atoms with van der Waals surface area (Å²) < 4.78 is 34.8. The first-order valence-electron chi connectivity index (χ1n) is 10.2. The second-order valence-electron chi connectivity index (χ2n) is 7.70. The highest BCUT2D eigenvalue weighted by Crippen LogP contribution is 2.28. The molecule has 1 aliphatic rings. The zero-order valence-corrected chi connectivity index (χ0v) is 20.4. The molecule has 1 fully saturated rings. The van der Waals surface area contributed by atoms with E-state index in [2.05, 4.69) is 4.99 Å². The van der Waals surface area contributed by atoms with Gasteiger partial charge in [0, 0.05) is 11.6 Å². The topological polar surface area (TPSA) is 98.0 Å². The Morgan fingerprint density at radius 2 is 1.94 bits per heavy atom. The van der Waals surface area contributed by atoms with Crippen molar-refractivity contribution in [3.05, 3.63) is 57.9 Å². The number of hydrogen-bond donors (Lipinski definition) is 0. The lowest BCUT2D eigenvalue weighted by Crippen LogP contribution is -2.40. The van der Waals surface area contributed by atoms with Gasteiger partial charge >= 0.3 is 5.97 Å². The van der Waals surface area contributed by atoms with Crippen molar-refractivity contribution in [2.75, 3.05) is 13.7 Å². The number of aromatic nitrogens is 1. The Hall–Kier alpha value is -2.53. The Bertz CT molecular complexity index is 1390. The maximum absolute atomic E-state index is 13.2. The van der Waals surface area contributed by atoms with Gasteiger partial charge in [-0.3, -0.25) is 9.59 Å². The number of hydrogen-bond acceptors (Lipinski definition) is 6. The van der Waals surface area contributed by atoms with Crippen LogP contribution in [-0.2, 0) is 30.9 Å². The fourth-order valence-electron chi connectivity index (χ4n) is 3.80. The molecule has 8 nitrogen and oxygen atoms in total. The highest BCUT2D eigenvalue weighted by molar-refractivity contribution is 7.89. The number of ether oxygens (including phenoxy) is 1. The first kappa shape index (κ1) is 23.6. The summed E-state index contributed by atoms with van der Waals surface area (Å²) in [6, 6.07) is 10.7. The fraction of sp³-hybridized carbons (Fsp3) is 0.318. The minimum absolute atomic E-state index is 0.0738. The van der Waals surface area contributed by atoms with Crippen molar-refractivity contribution in [1.82, 2.24) is 8.87 Å². The number of methoxy groups -OCH3 is 1. The summed E-state index contributed by atoms with van der Waals surface area (Å²) in [6.45, 7) is 2.07. The molecule has 1 amide bonds. The van der Waals surface area contributed by atoms with Crippen LogP contribution < -0.4 is 4.80 Å². The van der Waals surface area contributed by atoms with Gasteiger partial charge in [0.1, 0.15) is 12.6 Å². The number of thiazole rings is 1. The molecule has 3 aromatic rings. The lowest BCUT2D eigenvalue weighted by Gasteiger charge is -2.21. The van der Waals surface area contributed by atoms with Gasteiger partial charge in [0.15, 0.2) is 4.80 Å². The van der Waals surface area contributed by atoms with Crippen molar-refractivity contribution < 1.29 is 22.7 Å². The van der Waals surface area contributed by atoms with Gasteiger partial charge in [-0.25, -0.2) is 8.42 Å². The highest BCUT2D eigenvalue weighted by atomic mass is 35.5. The number of benzene rings is 2. The lowest BCUT2D eigenvalue weighted by atomic mass is 10.2. The molecule has 1 aromatic heterocycles. The Morgan fingerprint density at radius 1 is 1.21 bits per heavy atom. The summed E-state index contributed by atoms with van der Waals surface area (Å²) in [6.07, 6.45) is 0.919. The van der Waals surface area contributed by atoms with Crippen LogP contribution in [0.2, 0.25) is 5.02 Å². The van der Waals surface area contributed by atoms with Crippen LogP contribution in [0.5, 0.6) is 0 Å². The number of esters is 1. The average molecular weight is 508 g/mol. The zero-order chi connectivity index (χ0) is 23.8. The normalized spacial score (nSPS) is 17.5. The molecule has 4 rings (SSSR count). The van der Waals surface area contributed by atoms with E-state index in [1.807, 2.05) is 25.1 Å². The van der Waals surface area contributed by atoms with E-state index in [0.29, 0.717) is 22.7 Å². The van der Waals surface area contributed by atoms with Crippen LogP contribution in [0.25, 0.3) is 10.2 Å². The molecule has 0 aliphatic carbocycles. The van der Waals surface area contributed by atoms with Crippen molar-refractivity contribution in [2.24, 2.45) is 4.99 Å². The summed E-state index contributed by atoms with van der Waals surface area (Å²) in [7, 11) is -2.60. The van der Waals surface area contributed by atoms with Gasteiger partial charge in [-0.15, -0.1) is 0 Å². The van der Waals surface area contributed by atoms with E-state index in [4.69, 9.17) is 16.3 Å². The van der Waals surface area contributed by atoms with Crippen LogP contribution in [0.15, 0.2) is 52.4 Å². The number of fused-ring (bicyclic) bond motifs is 1. The van der Waals surface area contributed by atoms with Gasteiger partial charge < -0.3 is 9.30 Å². The molecule has 11 heteroatoms. The van der Waals surface area contributed by atoms with Crippen molar-refractivity contribution in [2.45, 2.75) is 37.2 Å². The van der Waals surface area contributed by atoms with E-state index in [1.165, 1.54) is 47.0 Å². The molecule has 2 aromatic carbocycles. The summed E-state index contributed by atoms with van der Waals surface area (Å²) >= 11 is 7.15. The molecule has 33 heavy (non-hydrogen) atoms. The quantitative estimate of drug-likeness (QED) is 0.494. The predicted octanol–water partition coefficient (Wildman–Crippen LogP) is 3.12. The van der Waals surface area contributed by atoms with Gasteiger partial charge in [-0.2, -0.15) is 9.30 Å². The van der Waals surface area contributed by atoms with Crippen LogP contribution in [0.1, 0.15) is 18.4 Å². The molecule has 0 radical (unpaired) electrons. The smallest absolute Gasteiger partial charge is 0.325 e. The molecule has 1 aliphatic heterocycles. The standard InChI is InChI=1S/C22H22ClN3O5S2/c1-14-5-10-17-19(12-14)32-22(25(17)13-20(27)31-2)24-21(28)18-4-3-11-26(18)33(29,30)16-8-6-15(23)7-9-16/h5-10,12,18H,3-4,11,13H2,1-2H3. The zero-order valence-electron chi connectivity index (χ0n) is 18.0. The fourth-order valence-corrected chi connectivity index (χ4v) is 6.71. The van der Waals surface area contributed by atoms with Gasteiger partial charge in [0.25, 0.3) is 5.91 Å². The third-order valence-electron chi connectivity index (χ3n) is 5.47. The third-order valence-corrected chi connectivity index (χ3v) is 8.68. The first-order valence-corrected chi connectivity index (χ1v) is 12.9. The summed E-state index contributed by atoms with van der Waals surface area (Å²) in [5.74, 6) is -1.04. The number of carbonyl (C=O) groups excluding carboxylic acids is 2. The first-order chi connectivity index (χ1) is 15.7. The number of halogens is 1. The van der Waals surface area contributed by atoms with Crippen LogP contribution in [0, 0.1) is 6.92 Å². The molecular weight excluding hydrogens is 486 g/mol. The van der Waals surface area contributed by atoms with E-state index >= 15 is 0 Å². The number of aryl methyl sites for hydroxylation is 1. The summed E-state index contributed by atoms with van der Waals surface area (Å²) in [5, 5.41) is 0.424. The van der Waals surface area contributed by atoms with Gasteiger partial charge in [-0.05, 0) is 61.7 Å². The van der Waals surface area contributed by atoms with E-state index in [9.17, 15) is 18.0 Å². The van der Waals surface area contributed by atoms with E-state index < -0.39 is 27.9 Å². The van der Waals surface area contributed by atoms with Gasteiger partial charge in [0.2, 0.25) is 10.0 Å². The molecule has 1 saturated heterocycles. The van der Waals surface area contributed by atoms with Crippen molar-refractivity contribution in [3.63, 3.8) is 0 Å². The minimum atomic E-state index is -3.89. The largest absolute Gasteiger partial charge is 0.468 e. The number of sulfonamides is 1. The number of rotatable bonds is 5. The van der Waals surface area contributed by atoms with Gasteiger partial charge in [-0.1, -0.05) is 29.0 Å². The average Bonchev–Trinajstić information content (AvgIpc) is 3.40. The molecular formula is C22H22ClN3O5S2. The maximum Gasteiger partial charge on any atom is 0.325 e. The summed E-state index contributed by atoms with van der Waals surface area (Å²) in [5.41, 5.74) is 1.78. The minimum Gasteiger partial charge on any atom is -0.468 e. The molecule has 0 N–H and O–H groups in total. The number of nitrogens with zero attached hydrogens (tertiary/aromatic N) is 3. The Kier molecular flexibility index (Phi) is 6.71. The monoisotopic (exact) mass is 507 g/mol. The molecule has 0 saturated carbocycles. The second-order valence-corrected chi connectivity index (χ2v) is 11.0. The lowest BCUT2D eigenvalue weighted by molar-refractivity contribution is -0.141. The molecule has 1 atom stereocenters. The highest BCUT2D eigenvalue weighted by Gasteiger charge is 2.39. The van der Waals surface area contributed by atoms with Crippen LogP contribution in [-0.4, -0.2) is 48.9 Å². The Morgan fingerprint density at radius 3 is 2.64 bits per heavy atom. The molecule has 1 unspecified atom stereocenters. The molecule has 0 spiro atoms. The molecule has 174 valence electrons. The van der Waals surface area contributed by atoms with Crippen molar-refractivity contribution >= 4 is 55.1 Å². The molecule has 2 heterocycles. The Labute approximate surface area is 200 Å². The third kappa shape index (κ3) is 4.74. The Balaban J connectivity index is 1.73.